The van der Waals surface area contributed by atoms with E-state index >= 15 is 0 Å². The lowest BCUT2D eigenvalue weighted by atomic mass is 10.1. The van der Waals surface area contributed by atoms with Crippen molar-refractivity contribution in [2.45, 2.75) is 25.1 Å². The Morgan fingerprint density at radius 3 is 2.26 bits per heavy atom. The van der Waals surface area contributed by atoms with Crippen LogP contribution in [0.3, 0.4) is 0 Å². The zero-order valence-corrected chi connectivity index (χ0v) is 12.1. The van der Waals surface area contributed by atoms with Crippen LogP contribution in [0.25, 0.3) is 0 Å². The molecule has 108 valence electrons. The average Bonchev–Trinajstić information content (AvgIpc) is 2.37. The maximum Gasteiger partial charge on any atom is 0.418 e. The fourth-order valence-electron chi connectivity index (χ4n) is 1.56. The number of methoxy groups -OCH3 is 1. The number of alkyl halides is 4. The van der Waals surface area contributed by atoms with E-state index in [1.807, 2.05) is 0 Å². The van der Waals surface area contributed by atoms with Gasteiger partial charge in [0, 0.05) is 11.9 Å². The third kappa shape index (κ3) is 5.40. The summed E-state index contributed by atoms with van der Waals surface area (Å²) in [6.45, 7) is 0.0851. The van der Waals surface area contributed by atoms with E-state index in [2.05, 4.69) is 15.9 Å². The van der Waals surface area contributed by atoms with Crippen LogP contribution in [0.2, 0.25) is 0 Å². The van der Waals surface area contributed by atoms with Crippen LogP contribution in [0.1, 0.15) is 24.5 Å². The van der Waals surface area contributed by atoms with E-state index in [1.165, 1.54) is 31.4 Å². The van der Waals surface area contributed by atoms with Crippen molar-refractivity contribution in [2.75, 3.05) is 19.0 Å². The van der Waals surface area contributed by atoms with Crippen molar-refractivity contribution in [2.24, 2.45) is 0 Å². The first-order chi connectivity index (χ1) is 8.99. The minimum absolute atomic E-state index is 0.0851. The van der Waals surface area contributed by atoms with Gasteiger partial charge in [0.25, 0.3) is 0 Å². The molecule has 0 aromatic heterocycles. The van der Waals surface area contributed by atoms with Crippen molar-refractivity contribution in [3.05, 3.63) is 29.8 Å². The summed E-state index contributed by atoms with van der Waals surface area (Å²) in [6, 6.07) is 5.74. The normalized spacial score (nSPS) is 13.3. The molecule has 2 nitrogen and oxygen atoms in total. The van der Waals surface area contributed by atoms with Gasteiger partial charge in [-0.15, -0.1) is 0 Å². The van der Waals surface area contributed by atoms with Crippen LogP contribution in [0, 0.1) is 0 Å². The summed E-state index contributed by atoms with van der Waals surface area (Å²) in [5.74, 6) is 0.518. The molecule has 0 aliphatic carbocycles. The molecule has 1 atom stereocenters. The minimum Gasteiger partial charge on any atom is -0.497 e. The first-order valence-corrected chi connectivity index (χ1v) is 6.99. The molecule has 0 amide bonds. The van der Waals surface area contributed by atoms with Gasteiger partial charge in [-0.3, -0.25) is 0 Å². The number of unbranched alkanes of at least 4 members (excludes halogenated alkanes) is 1. The molecule has 1 rings (SSSR count). The van der Waals surface area contributed by atoms with Gasteiger partial charge in [-0.25, -0.2) is 0 Å². The van der Waals surface area contributed by atoms with E-state index in [1.54, 1.807) is 0 Å². The topological polar surface area (TPSA) is 18.5 Å². The first-order valence-electron chi connectivity index (χ1n) is 5.87. The lowest BCUT2D eigenvalue weighted by Crippen LogP contribution is -2.24. The van der Waals surface area contributed by atoms with Gasteiger partial charge in [0.15, 0.2) is 6.10 Å². The van der Waals surface area contributed by atoms with Crippen molar-refractivity contribution < 1.29 is 22.6 Å². The number of rotatable bonds is 7. The number of hydrogen-bond acceptors (Lipinski definition) is 2. The zero-order valence-electron chi connectivity index (χ0n) is 10.5. The summed E-state index contributed by atoms with van der Waals surface area (Å²) in [4.78, 5) is 0. The van der Waals surface area contributed by atoms with E-state index in [-0.39, 0.29) is 12.2 Å². The average molecular weight is 341 g/mol. The highest BCUT2D eigenvalue weighted by Gasteiger charge is 2.41. The van der Waals surface area contributed by atoms with Crippen LogP contribution < -0.4 is 4.74 Å². The summed E-state index contributed by atoms with van der Waals surface area (Å²) in [7, 11) is 1.47. The molecule has 0 aliphatic rings. The third-order valence-electron chi connectivity index (χ3n) is 2.53. The fourth-order valence-corrected chi connectivity index (χ4v) is 1.95. The molecule has 0 heterocycles. The number of hydrogen-bond donors (Lipinski definition) is 0. The molecular formula is C13H16BrF3O2. The maximum atomic E-state index is 12.9. The lowest BCUT2D eigenvalue weighted by molar-refractivity contribution is -0.224. The highest BCUT2D eigenvalue weighted by atomic mass is 79.9. The van der Waals surface area contributed by atoms with E-state index < -0.39 is 12.3 Å². The molecule has 6 heteroatoms. The predicted molar refractivity (Wildman–Crippen MR) is 70.8 cm³/mol. The SMILES string of the molecule is COc1ccc(C(OCCCCBr)C(F)(F)F)cc1. The largest absolute Gasteiger partial charge is 0.497 e. The van der Waals surface area contributed by atoms with Crippen molar-refractivity contribution in [1.29, 1.82) is 0 Å². The Morgan fingerprint density at radius 1 is 1.16 bits per heavy atom. The smallest absolute Gasteiger partial charge is 0.418 e. The van der Waals surface area contributed by atoms with Crippen molar-refractivity contribution in [1.82, 2.24) is 0 Å². The molecule has 19 heavy (non-hydrogen) atoms. The van der Waals surface area contributed by atoms with E-state index in [4.69, 9.17) is 9.47 Å². The Kier molecular flexibility index (Phi) is 6.65. The quantitative estimate of drug-likeness (QED) is 0.537. The number of halogens is 4. The Morgan fingerprint density at radius 2 is 1.79 bits per heavy atom. The van der Waals surface area contributed by atoms with E-state index in [9.17, 15) is 13.2 Å². The molecule has 0 saturated carbocycles. The van der Waals surface area contributed by atoms with Gasteiger partial charge < -0.3 is 9.47 Å². The Labute approximate surface area is 119 Å². The summed E-state index contributed by atoms with van der Waals surface area (Å²) in [6.07, 6.45) is -4.92. The third-order valence-corrected chi connectivity index (χ3v) is 3.09. The molecule has 0 bridgehead atoms. The summed E-state index contributed by atoms with van der Waals surface area (Å²) < 4.78 is 48.7. The first kappa shape index (κ1) is 16.3. The van der Waals surface area contributed by atoms with Crippen LogP contribution in [0.15, 0.2) is 24.3 Å². The van der Waals surface area contributed by atoms with Gasteiger partial charge in [-0.2, -0.15) is 13.2 Å². The molecule has 0 saturated heterocycles. The lowest BCUT2D eigenvalue weighted by Gasteiger charge is -2.21. The molecule has 0 spiro atoms. The Bertz CT molecular complexity index is 365. The number of ether oxygens (including phenoxy) is 2. The monoisotopic (exact) mass is 340 g/mol. The van der Waals surface area contributed by atoms with E-state index in [0.29, 0.717) is 12.2 Å². The van der Waals surface area contributed by atoms with Gasteiger partial charge >= 0.3 is 6.18 Å². The van der Waals surface area contributed by atoms with Gasteiger partial charge in [0.05, 0.1) is 7.11 Å². The van der Waals surface area contributed by atoms with Crippen LogP contribution in [0.4, 0.5) is 13.2 Å². The minimum atomic E-state index is -4.41. The van der Waals surface area contributed by atoms with Crippen LogP contribution >= 0.6 is 15.9 Å². The van der Waals surface area contributed by atoms with Crippen molar-refractivity contribution >= 4 is 15.9 Å². The standard InChI is InChI=1S/C13H16BrF3O2/c1-18-11-6-4-10(5-7-11)12(13(15,16)17)19-9-3-2-8-14/h4-7,12H,2-3,8-9H2,1H3. The molecule has 0 fully saturated rings. The number of benzene rings is 1. The molecule has 0 N–H and O–H groups in total. The molecule has 1 aromatic carbocycles. The highest BCUT2D eigenvalue weighted by Crippen LogP contribution is 2.36. The maximum absolute atomic E-state index is 12.9. The van der Waals surface area contributed by atoms with Crippen LogP contribution in [-0.2, 0) is 4.74 Å². The fraction of sp³-hybridized carbons (Fsp3) is 0.538. The van der Waals surface area contributed by atoms with Crippen molar-refractivity contribution in [3.8, 4) is 5.75 Å². The van der Waals surface area contributed by atoms with E-state index in [0.717, 1.165) is 11.8 Å². The zero-order chi connectivity index (χ0) is 14.3. The van der Waals surface area contributed by atoms with Gasteiger partial charge in [0.2, 0.25) is 0 Å². The molecule has 1 aromatic rings. The van der Waals surface area contributed by atoms with Gasteiger partial charge in [-0.05, 0) is 30.5 Å². The molecule has 0 aliphatic heterocycles. The highest BCUT2D eigenvalue weighted by molar-refractivity contribution is 9.09. The Hall–Kier alpha value is -0.750. The Balaban J connectivity index is 2.72. The van der Waals surface area contributed by atoms with Crippen LogP contribution in [0.5, 0.6) is 5.75 Å². The van der Waals surface area contributed by atoms with Gasteiger partial charge in [0.1, 0.15) is 5.75 Å². The second kappa shape index (κ2) is 7.75. The predicted octanol–water partition coefficient (Wildman–Crippen LogP) is 4.49. The second-order valence-corrected chi connectivity index (χ2v) is 4.75. The van der Waals surface area contributed by atoms with Crippen LogP contribution in [-0.4, -0.2) is 25.2 Å². The van der Waals surface area contributed by atoms with Gasteiger partial charge in [-0.1, -0.05) is 28.1 Å². The molecule has 1 unspecified atom stereocenters. The second-order valence-electron chi connectivity index (χ2n) is 3.96. The summed E-state index contributed by atoms with van der Waals surface area (Å²) in [5, 5.41) is 0.760. The molecule has 0 radical (unpaired) electrons. The summed E-state index contributed by atoms with van der Waals surface area (Å²) >= 11 is 3.23. The molecular weight excluding hydrogens is 325 g/mol. The van der Waals surface area contributed by atoms with Crippen molar-refractivity contribution in [3.63, 3.8) is 0 Å². The summed E-state index contributed by atoms with van der Waals surface area (Å²) in [5.41, 5.74) is 0.0899.